The molecule has 0 bridgehead atoms. The van der Waals surface area contributed by atoms with E-state index in [1.165, 1.54) is 12.1 Å². The Hall–Kier alpha value is -2.48. The summed E-state index contributed by atoms with van der Waals surface area (Å²) in [6.45, 7) is -0.970. The molecule has 0 spiro atoms. The molecule has 2 heterocycles. The number of nitrogens with one attached hydrogen (secondary N) is 1. The smallest absolute Gasteiger partial charge is 0.387 e. The average molecular weight is 350 g/mol. The molecular formula is C17H20F2N4O2. The van der Waals surface area contributed by atoms with E-state index in [1.807, 2.05) is 17.8 Å². The van der Waals surface area contributed by atoms with Gasteiger partial charge < -0.3 is 19.5 Å². The summed E-state index contributed by atoms with van der Waals surface area (Å²) in [6.07, 6.45) is 3.68. The van der Waals surface area contributed by atoms with E-state index < -0.39 is 6.61 Å². The summed E-state index contributed by atoms with van der Waals surface area (Å²) in [4.78, 5) is 18.9. The Morgan fingerprint density at radius 3 is 3.04 bits per heavy atom. The van der Waals surface area contributed by atoms with Crippen LogP contribution in [0.3, 0.4) is 0 Å². The summed E-state index contributed by atoms with van der Waals surface area (Å²) < 4.78 is 31.0. The van der Waals surface area contributed by atoms with Crippen molar-refractivity contribution in [2.24, 2.45) is 7.05 Å². The van der Waals surface area contributed by atoms with Gasteiger partial charge in [0.25, 0.3) is 0 Å². The molecule has 1 aliphatic rings. The number of aromatic nitrogens is 2. The van der Waals surface area contributed by atoms with E-state index >= 15 is 0 Å². The van der Waals surface area contributed by atoms with E-state index in [0.717, 1.165) is 5.82 Å². The Bertz CT molecular complexity index is 735. The minimum Gasteiger partial charge on any atom is -0.435 e. The molecule has 6 nitrogen and oxygen atoms in total. The van der Waals surface area contributed by atoms with Gasteiger partial charge in [-0.2, -0.15) is 8.78 Å². The van der Waals surface area contributed by atoms with E-state index in [1.54, 1.807) is 23.2 Å². The first-order chi connectivity index (χ1) is 12.0. The molecule has 1 amide bonds. The highest BCUT2D eigenvalue weighted by atomic mass is 19.3. The molecule has 3 rings (SSSR count). The molecule has 25 heavy (non-hydrogen) atoms. The third-order valence-corrected chi connectivity index (χ3v) is 4.20. The lowest BCUT2D eigenvalue weighted by Gasteiger charge is -2.35. The van der Waals surface area contributed by atoms with Gasteiger partial charge in [-0.15, -0.1) is 0 Å². The molecule has 1 N–H and O–H groups in total. The summed E-state index contributed by atoms with van der Waals surface area (Å²) in [7, 11) is 1.89. The number of halogens is 2. The van der Waals surface area contributed by atoms with Crippen molar-refractivity contribution in [1.82, 2.24) is 19.8 Å². The standard InChI is InChI=1S/C17H20F2N4O2/c1-22-7-6-21-16(22)14-11-20-5-8-23(14)15(24)10-12-3-2-4-13(9-12)25-17(18)19/h2-4,6-7,9,14,17,20H,5,8,10-11H2,1H3. The highest BCUT2D eigenvalue weighted by Gasteiger charge is 2.30. The van der Waals surface area contributed by atoms with Crippen LogP contribution in [-0.2, 0) is 18.3 Å². The van der Waals surface area contributed by atoms with Gasteiger partial charge in [0.05, 0.1) is 6.42 Å². The maximum atomic E-state index is 12.8. The van der Waals surface area contributed by atoms with Gasteiger partial charge >= 0.3 is 6.61 Å². The SMILES string of the molecule is Cn1ccnc1C1CNCCN1C(=O)Cc1cccc(OC(F)F)c1. The fourth-order valence-electron chi connectivity index (χ4n) is 3.04. The van der Waals surface area contributed by atoms with Gasteiger partial charge in [-0.25, -0.2) is 4.98 Å². The molecule has 1 unspecified atom stereocenters. The third kappa shape index (κ3) is 4.14. The zero-order valence-corrected chi connectivity index (χ0v) is 13.9. The summed E-state index contributed by atoms with van der Waals surface area (Å²) >= 11 is 0. The number of ether oxygens (including phenoxy) is 1. The molecule has 1 atom stereocenters. The second-order valence-corrected chi connectivity index (χ2v) is 5.91. The van der Waals surface area contributed by atoms with Crippen molar-refractivity contribution in [3.8, 4) is 5.75 Å². The summed E-state index contributed by atoms with van der Waals surface area (Å²) in [5.74, 6) is 0.806. The Morgan fingerprint density at radius 2 is 2.32 bits per heavy atom. The molecule has 2 aromatic rings. The number of hydrogen-bond acceptors (Lipinski definition) is 4. The number of carbonyl (C=O) groups is 1. The van der Waals surface area contributed by atoms with Crippen molar-refractivity contribution in [2.75, 3.05) is 19.6 Å². The highest BCUT2D eigenvalue weighted by Crippen LogP contribution is 2.22. The largest absolute Gasteiger partial charge is 0.435 e. The predicted octanol–water partition coefficient (Wildman–Crippen LogP) is 1.74. The fraction of sp³-hybridized carbons (Fsp3) is 0.412. The van der Waals surface area contributed by atoms with Gasteiger partial charge in [0.15, 0.2) is 0 Å². The van der Waals surface area contributed by atoms with Crippen LogP contribution in [0.2, 0.25) is 0 Å². The van der Waals surface area contributed by atoms with Crippen molar-refractivity contribution in [3.63, 3.8) is 0 Å². The number of imidazole rings is 1. The molecule has 1 saturated heterocycles. The monoisotopic (exact) mass is 350 g/mol. The third-order valence-electron chi connectivity index (χ3n) is 4.20. The Morgan fingerprint density at radius 1 is 1.48 bits per heavy atom. The molecule has 0 aliphatic carbocycles. The number of aryl methyl sites for hydroxylation is 1. The molecule has 0 saturated carbocycles. The van der Waals surface area contributed by atoms with Crippen LogP contribution in [0.15, 0.2) is 36.7 Å². The van der Waals surface area contributed by atoms with Crippen LogP contribution in [0.1, 0.15) is 17.4 Å². The predicted molar refractivity (Wildman–Crippen MR) is 87.3 cm³/mol. The topological polar surface area (TPSA) is 59.4 Å². The molecule has 1 aliphatic heterocycles. The first-order valence-electron chi connectivity index (χ1n) is 8.06. The van der Waals surface area contributed by atoms with Crippen LogP contribution in [0, 0.1) is 0 Å². The molecule has 1 aromatic heterocycles. The van der Waals surface area contributed by atoms with Crippen LogP contribution >= 0.6 is 0 Å². The van der Waals surface area contributed by atoms with Crippen LogP contribution in [-0.4, -0.2) is 46.6 Å². The molecule has 0 radical (unpaired) electrons. The zero-order chi connectivity index (χ0) is 17.8. The molecular weight excluding hydrogens is 330 g/mol. The second kappa shape index (κ2) is 7.60. The summed E-state index contributed by atoms with van der Waals surface area (Å²) in [6, 6.07) is 6.10. The lowest BCUT2D eigenvalue weighted by Crippen LogP contribution is -2.49. The van der Waals surface area contributed by atoms with E-state index in [-0.39, 0.29) is 24.1 Å². The number of amides is 1. The second-order valence-electron chi connectivity index (χ2n) is 5.91. The van der Waals surface area contributed by atoms with E-state index in [0.29, 0.717) is 25.2 Å². The van der Waals surface area contributed by atoms with E-state index in [4.69, 9.17) is 0 Å². The van der Waals surface area contributed by atoms with Gasteiger partial charge in [-0.3, -0.25) is 4.79 Å². The van der Waals surface area contributed by atoms with Crippen LogP contribution in [0.25, 0.3) is 0 Å². The lowest BCUT2D eigenvalue weighted by atomic mass is 10.1. The average Bonchev–Trinajstić information content (AvgIpc) is 3.00. The van der Waals surface area contributed by atoms with Gasteiger partial charge in [0, 0.05) is 39.1 Å². The lowest BCUT2D eigenvalue weighted by molar-refractivity contribution is -0.134. The molecule has 8 heteroatoms. The molecule has 134 valence electrons. The number of hydrogen-bond donors (Lipinski definition) is 1. The normalized spacial score (nSPS) is 17.8. The summed E-state index contributed by atoms with van der Waals surface area (Å²) in [5.41, 5.74) is 0.639. The first-order valence-corrected chi connectivity index (χ1v) is 8.06. The van der Waals surface area contributed by atoms with Crippen molar-refractivity contribution >= 4 is 5.91 Å². The van der Waals surface area contributed by atoms with Crippen LogP contribution < -0.4 is 10.1 Å². The number of carbonyl (C=O) groups excluding carboxylic acids is 1. The Kier molecular flexibility index (Phi) is 5.28. The van der Waals surface area contributed by atoms with Gasteiger partial charge in [-0.1, -0.05) is 12.1 Å². The number of benzene rings is 1. The Balaban J connectivity index is 1.74. The highest BCUT2D eigenvalue weighted by molar-refractivity contribution is 5.79. The number of piperazine rings is 1. The number of alkyl halides is 2. The summed E-state index contributed by atoms with van der Waals surface area (Å²) in [5, 5.41) is 3.28. The van der Waals surface area contributed by atoms with Crippen molar-refractivity contribution < 1.29 is 18.3 Å². The van der Waals surface area contributed by atoms with E-state index in [9.17, 15) is 13.6 Å². The quantitative estimate of drug-likeness (QED) is 0.892. The maximum absolute atomic E-state index is 12.8. The van der Waals surface area contributed by atoms with Crippen molar-refractivity contribution in [1.29, 1.82) is 0 Å². The van der Waals surface area contributed by atoms with E-state index in [2.05, 4.69) is 15.0 Å². The van der Waals surface area contributed by atoms with Gasteiger partial charge in [-0.05, 0) is 17.7 Å². The van der Waals surface area contributed by atoms with Crippen LogP contribution in [0.4, 0.5) is 8.78 Å². The van der Waals surface area contributed by atoms with Gasteiger partial charge in [0.1, 0.15) is 17.6 Å². The van der Waals surface area contributed by atoms with Crippen molar-refractivity contribution in [2.45, 2.75) is 19.1 Å². The number of nitrogens with zero attached hydrogens (tertiary/aromatic N) is 3. The van der Waals surface area contributed by atoms with Crippen molar-refractivity contribution in [3.05, 3.63) is 48.0 Å². The molecule has 1 aromatic carbocycles. The molecule has 1 fully saturated rings. The Labute approximate surface area is 144 Å². The minimum absolute atomic E-state index is 0.0567. The first kappa shape index (κ1) is 17.3. The number of rotatable bonds is 5. The van der Waals surface area contributed by atoms with Gasteiger partial charge in [0.2, 0.25) is 5.91 Å². The minimum atomic E-state index is -2.88. The maximum Gasteiger partial charge on any atom is 0.387 e. The zero-order valence-electron chi connectivity index (χ0n) is 13.9. The fourth-order valence-corrected chi connectivity index (χ4v) is 3.04. The van der Waals surface area contributed by atoms with Crippen LogP contribution in [0.5, 0.6) is 5.75 Å².